The topological polar surface area (TPSA) is 12.0 Å². The summed E-state index contributed by atoms with van der Waals surface area (Å²) in [6.07, 6.45) is 5.70. The predicted octanol–water partition coefficient (Wildman–Crippen LogP) is 3.20. The molecule has 2 saturated carbocycles. The summed E-state index contributed by atoms with van der Waals surface area (Å²) in [5.41, 5.74) is 1.11. The maximum absolute atomic E-state index is 3.75. The van der Waals surface area contributed by atoms with Gasteiger partial charge in [-0.1, -0.05) is 40.5 Å². The van der Waals surface area contributed by atoms with Gasteiger partial charge in [-0.3, -0.25) is 0 Å². The van der Waals surface area contributed by atoms with E-state index in [0.29, 0.717) is 10.8 Å². The molecule has 82 valence electrons. The Balaban J connectivity index is 1.77. The molecule has 1 nitrogen and oxygen atoms in total. The van der Waals surface area contributed by atoms with Crippen molar-refractivity contribution in [1.82, 2.24) is 5.32 Å². The second-order valence-electron chi connectivity index (χ2n) is 6.39. The SMILES string of the molecule is CC1(C)C(CNC2CCCC2)C1(C)C. The van der Waals surface area contributed by atoms with E-state index in [4.69, 9.17) is 0 Å². The van der Waals surface area contributed by atoms with E-state index in [1.54, 1.807) is 0 Å². The minimum Gasteiger partial charge on any atom is -0.314 e. The van der Waals surface area contributed by atoms with Crippen molar-refractivity contribution in [3.8, 4) is 0 Å². The summed E-state index contributed by atoms with van der Waals surface area (Å²) in [4.78, 5) is 0. The van der Waals surface area contributed by atoms with E-state index < -0.39 is 0 Å². The van der Waals surface area contributed by atoms with Crippen molar-refractivity contribution >= 4 is 0 Å². The van der Waals surface area contributed by atoms with Crippen molar-refractivity contribution < 1.29 is 0 Å². The van der Waals surface area contributed by atoms with Crippen molar-refractivity contribution in [2.45, 2.75) is 59.4 Å². The molecule has 2 aliphatic rings. The van der Waals surface area contributed by atoms with Gasteiger partial charge in [0.15, 0.2) is 0 Å². The van der Waals surface area contributed by atoms with Crippen LogP contribution in [0.4, 0.5) is 0 Å². The van der Waals surface area contributed by atoms with Gasteiger partial charge in [-0.15, -0.1) is 0 Å². The zero-order valence-corrected chi connectivity index (χ0v) is 10.2. The number of hydrogen-bond donors (Lipinski definition) is 1. The van der Waals surface area contributed by atoms with Crippen molar-refractivity contribution in [1.29, 1.82) is 0 Å². The molecule has 0 saturated heterocycles. The average Bonchev–Trinajstić information content (AvgIpc) is 2.54. The first kappa shape index (κ1) is 10.5. The third-order valence-corrected chi connectivity index (χ3v) is 5.29. The third kappa shape index (κ3) is 1.50. The lowest BCUT2D eigenvalue weighted by Crippen LogP contribution is -2.29. The van der Waals surface area contributed by atoms with E-state index in [1.807, 2.05) is 0 Å². The maximum atomic E-state index is 3.75. The number of hydrogen-bond acceptors (Lipinski definition) is 1. The van der Waals surface area contributed by atoms with Gasteiger partial charge in [0.2, 0.25) is 0 Å². The van der Waals surface area contributed by atoms with Crippen LogP contribution in [-0.2, 0) is 0 Å². The summed E-state index contributed by atoms with van der Waals surface area (Å²) >= 11 is 0. The van der Waals surface area contributed by atoms with E-state index in [-0.39, 0.29) is 0 Å². The molecular formula is C13H25N. The highest BCUT2D eigenvalue weighted by Gasteiger charge is 2.63. The van der Waals surface area contributed by atoms with Crippen LogP contribution in [0, 0.1) is 16.7 Å². The number of rotatable bonds is 3. The summed E-state index contributed by atoms with van der Waals surface area (Å²) in [5.74, 6) is 0.885. The lowest BCUT2D eigenvalue weighted by atomic mass is 10.0. The van der Waals surface area contributed by atoms with Gasteiger partial charge in [0.25, 0.3) is 0 Å². The van der Waals surface area contributed by atoms with Crippen LogP contribution in [0.15, 0.2) is 0 Å². The van der Waals surface area contributed by atoms with Gasteiger partial charge in [-0.2, -0.15) is 0 Å². The van der Waals surface area contributed by atoms with Gasteiger partial charge in [0, 0.05) is 6.04 Å². The second-order valence-corrected chi connectivity index (χ2v) is 6.39. The van der Waals surface area contributed by atoms with Gasteiger partial charge in [-0.05, 0) is 36.1 Å². The zero-order valence-electron chi connectivity index (χ0n) is 10.2. The quantitative estimate of drug-likeness (QED) is 0.729. The molecule has 0 bridgehead atoms. The molecular weight excluding hydrogens is 170 g/mol. The third-order valence-electron chi connectivity index (χ3n) is 5.29. The Morgan fingerprint density at radius 1 is 1.00 bits per heavy atom. The molecule has 0 heterocycles. The van der Waals surface area contributed by atoms with Crippen LogP contribution in [0.25, 0.3) is 0 Å². The minimum atomic E-state index is 0.554. The summed E-state index contributed by atoms with van der Waals surface area (Å²) in [5, 5.41) is 3.75. The minimum absolute atomic E-state index is 0.554. The Hall–Kier alpha value is -0.0400. The van der Waals surface area contributed by atoms with E-state index in [1.165, 1.54) is 32.2 Å². The molecule has 0 amide bonds. The van der Waals surface area contributed by atoms with Crippen LogP contribution < -0.4 is 5.32 Å². The Labute approximate surface area is 88.7 Å². The molecule has 1 heteroatoms. The standard InChI is InChI=1S/C13H25N/c1-12(2)11(13(12,3)4)9-14-10-7-5-6-8-10/h10-11,14H,5-9H2,1-4H3. The summed E-state index contributed by atoms with van der Waals surface area (Å²) in [7, 11) is 0. The maximum Gasteiger partial charge on any atom is 0.00671 e. The molecule has 1 N–H and O–H groups in total. The van der Waals surface area contributed by atoms with Crippen LogP contribution in [0.3, 0.4) is 0 Å². The molecule has 0 aromatic rings. The van der Waals surface area contributed by atoms with E-state index in [9.17, 15) is 0 Å². The lowest BCUT2D eigenvalue weighted by Gasteiger charge is -2.12. The molecule has 0 radical (unpaired) electrons. The first-order valence-electron chi connectivity index (χ1n) is 6.19. The van der Waals surface area contributed by atoms with Crippen molar-refractivity contribution in [2.24, 2.45) is 16.7 Å². The summed E-state index contributed by atoms with van der Waals surface area (Å²) in [6, 6.07) is 0.835. The van der Waals surface area contributed by atoms with Crippen LogP contribution in [0.1, 0.15) is 53.4 Å². The molecule has 0 aromatic heterocycles. The molecule has 0 spiro atoms. The zero-order chi connectivity index (χ0) is 10.4. The summed E-state index contributed by atoms with van der Waals surface area (Å²) < 4.78 is 0. The summed E-state index contributed by atoms with van der Waals surface area (Å²) in [6.45, 7) is 10.9. The highest BCUT2D eigenvalue weighted by Crippen LogP contribution is 2.67. The monoisotopic (exact) mass is 195 g/mol. The van der Waals surface area contributed by atoms with Crippen molar-refractivity contribution in [2.75, 3.05) is 6.54 Å². The number of nitrogens with one attached hydrogen (secondary N) is 1. The smallest absolute Gasteiger partial charge is 0.00671 e. The van der Waals surface area contributed by atoms with Crippen LogP contribution in [0.2, 0.25) is 0 Å². The van der Waals surface area contributed by atoms with Crippen LogP contribution in [0.5, 0.6) is 0 Å². The Kier molecular flexibility index (Phi) is 2.42. The predicted molar refractivity (Wildman–Crippen MR) is 61.3 cm³/mol. The van der Waals surface area contributed by atoms with Gasteiger partial charge in [0.1, 0.15) is 0 Å². The van der Waals surface area contributed by atoms with E-state index in [0.717, 1.165) is 12.0 Å². The van der Waals surface area contributed by atoms with Crippen molar-refractivity contribution in [3.05, 3.63) is 0 Å². The molecule has 0 aliphatic heterocycles. The van der Waals surface area contributed by atoms with Gasteiger partial charge < -0.3 is 5.32 Å². The molecule has 0 aromatic carbocycles. The van der Waals surface area contributed by atoms with Crippen LogP contribution >= 0.6 is 0 Å². The van der Waals surface area contributed by atoms with Gasteiger partial charge >= 0.3 is 0 Å². The Bertz CT molecular complexity index is 197. The second kappa shape index (κ2) is 3.23. The fourth-order valence-corrected chi connectivity index (χ4v) is 3.26. The molecule has 2 fully saturated rings. The Morgan fingerprint density at radius 2 is 1.50 bits per heavy atom. The average molecular weight is 195 g/mol. The lowest BCUT2D eigenvalue weighted by molar-refractivity contribution is 0.457. The van der Waals surface area contributed by atoms with E-state index >= 15 is 0 Å². The molecule has 14 heavy (non-hydrogen) atoms. The highest BCUT2D eigenvalue weighted by molar-refractivity contribution is 5.13. The first-order chi connectivity index (χ1) is 6.46. The van der Waals surface area contributed by atoms with Gasteiger partial charge in [0.05, 0.1) is 0 Å². The normalized spacial score (nSPS) is 30.9. The van der Waals surface area contributed by atoms with Crippen LogP contribution in [-0.4, -0.2) is 12.6 Å². The van der Waals surface area contributed by atoms with E-state index in [2.05, 4.69) is 33.0 Å². The highest BCUT2D eigenvalue weighted by atomic mass is 14.9. The van der Waals surface area contributed by atoms with Gasteiger partial charge in [-0.25, -0.2) is 0 Å². The fourth-order valence-electron chi connectivity index (χ4n) is 3.26. The first-order valence-corrected chi connectivity index (χ1v) is 6.19. The molecule has 2 aliphatic carbocycles. The molecule has 0 atom stereocenters. The molecule has 2 rings (SSSR count). The Morgan fingerprint density at radius 3 is 1.93 bits per heavy atom. The molecule has 0 unspecified atom stereocenters. The fraction of sp³-hybridized carbons (Fsp3) is 1.00. The van der Waals surface area contributed by atoms with Crippen molar-refractivity contribution in [3.63, 3.8) is 0 Å². The largest absolute Gasteiger partial charge is 0.314 e.